The van der Waals surface area contributed by atoms with E-state index in [0.717, 1.165) is 6.07 Å². The minimum atomic E-state index is -1.87. The highest BCUT2D eigenvalue weighted by molar-refractivity contribution is 6.09. The molecule has 3 rings (SSSR count). The van der Waals surface area contributed by atoms with Gasteiger partial charge in [0.1, 0.15) is 11.6 Å². The summed E-state index contributed by atoms with van der Waals surface area (Å²) in [7, 11) is 1.18. The molecule has 5 heteroatoms. The van der Waals surface area contributed by atoms with Gasteiger partial charge in [0, 0.05) is 17.0 Å². The molecule has 0 amide bonds. The zero-order chi connectivity index (χ0) is 16.8. The number of fused-ring (bicyclic) bond motifs is 3. The molecule has 118 valence electrons. The van der Waals surface area contributed by atoms with E-state index in [-0.39, 0.29) is 5.39 Å². The molecule has 0 spiro atoms. The number of hydrogen-bond donors (Lipinski definition) is 1. The van der Waals surface area contributed by atoms with Crippen molar-refractivity contribution in [2.24, 2.45) is 0 Å². The van der Waals surface area contributed by atoms with Crippen LogP contribution in [0, 0.1) is 11.6 Å². The Morgan fingerprint density at radius 3 is 2.43 bits per heavy atom. The van der Waals surface area contributed by atoms with Crippen molar-refractivity contribution in [2.75, 3.05) is 7.11 Å². The van der Waals surface area contributed by atoms with E-state index >= 15 is 0 Å². The minimum Gasteiger partial charge on any atom is -0.467 e. The maximum Gasteiger partial charge on any atom is 0.342 e. The SMILES string of the molecule is COC(=O)C(C)(O)c1cccc2c1ccc1c(F)cc(F)cc12. The molecular formula is C18H14F2O3. The lowest BCUT2D eigenvalue weighted by Crippen LogP contribution is -2.33. The number of halogens is 2. The lowest BCUT2D eigenvalue weighted by Gasteiger charge is -2.22. The standard InChI is InChI=1S/C18H14F2O3/c1-18(22,17(21)23-2)15-5-3-4-11-12(15)6-7-13-14(11)8-10(19)9-16(13)20/h3-9,22H,1-2H3. The van der Waals surface area contributed by atoms with Crippen LogP contribution in [0.5, 0.6) is 0 Å². The monoisotopic (exact) mass is 316 g/mol. The second-order valence-corrected chi connectivity index (χ2v) is 5.51. The van der Waals surface area contributed by atoms with Crippen LogP contribution in [-0.4, -0.2) is 18.2 Å². The van der Waals surface area contributed by atoms with Gasteiger partial charge >= 0.3 is 5.97 Å². The van der Waals surface area contributed by atoms with Crippen molar-refractivity contribution in [1.82, 2.24) is 0 Å². The van der Waals surface area contributed by atoms with Crippen molar-refractivity contribution >= 4 is 27.5 Å². The quantitative estimate of drug-likeness (QED) is 0.580. The Kier molecular flexibility index (Phi) is 3.53. The average molecular weight is 316 g/mol. The van der Waals surface area contributed by atoms with E-state index < -0.39 is 23.2 Å². The van der Waals surface area contributed by atoms with Gasteiger partial charge in [-0.05, 0) is 29.1 Å². The molecule has 0 aliphatic heterocycles. The minimum absolute atomic E-state index is 0.272. The summed E-state index contributed by atoms with van der Waals surface area (Å²) < 4.78 is 32.1. The fourth-order valence-corrected chi connectivity index (χ4v) is 2.86. The average Bonchev–Trinajstić information content (AvgIpc) is 2.52. The number of carbonyl (C=O) groups is 1. The molecule has 1 atom stereocenters. The van der Waals surface area contributed by atoms with Gasteiger partial charge < -0.3 is 9.84 Å². The molecule has 3 nitrogen and oxygen atoms in total. The van der Waals surface area contributed by atoms with Crippen LogP contribution in [0.25, 0.3) is 21.5 Å². The largest absolute Gasteiger partial charge is 0.467 e. The fraction of sp³-hybridized carbons (Fsp3) is 0.167. The van der Waals surface area contributed by atoms with Gasteiger partial charge in [0.15, 0.2) is 5.60 Å². The Labute approximate surface area is 131 Å². The summed E-state index contributed by atoms with van der Waals surface area (Å²) in [5.74, 6) is -2.16. The summed E-state index contributed by atoms with van der Waals surface area (Å²) in [4.78, 5) is 11.9. The van der Waals surface area contributed by atoms with E-state index in [4.69, 9.17) is 0 Å². The van der Waals surface area contributed by atoms with Crippen LogP contribution in [0.1, 0.15) is 12.5 Å². The first kappa shape index (κ1) is 15.4. The molecule has 0 aliphatic carbocycles. The molecular weight excluding hydrogens is 302 g/mol. The number of aliphatic hydroxyl groups is 1. The first-order valence-electron chi connectivity index (χ1n) is 6.98. The molecule has 1 N–H and O–H groups in total. The van der Waals surface area contributed by atoms with Crippen LogP contribution < -0.4 is 0 Å². The topological polar surface area (TPSA) is 46.5 Å². The van der Waals surface area contributed by atoms with Crippen LogP contribution >= 0.6 is 0 Å². The molecule has 0 saturated heterocycles. The lowest BCUT2D eigenvalue weighted by atomic mass is 9.89. The van der Waals surface area contributed by atoms with Crippen molar-refractivity contribution in [3.8, 4) is 0 Å². The Balaban J connectivity index is 2.40. The van der Waals surface area contributed by atoms with Crippen molar-refractivity contribution in [3.05, 3.63) is 59.7 Å². The summed E-state index contributed by atoms with van der Waals surface area (Å²) in [6, 6.07) is 10.1. The van der Waals surface area contributed by atoms with E-state index in [1.807, 2.05) is 0 Å². The summed E-state index contributed by atoms with van der Waals surface area (Å²) in [5, 5.41) is 12.2. The van der Waals surface area contributed by atoms with Crippen molar-refractivity contribution in [1.29, 1.82) is 0 Å². The van der Waals surface area contributed by atoms with Crippen LogP contribution in [0.2, 0.25) is 0 Å². The molecule has 0 aliphatic rings. The van der Waals surface area contributed by atoms with Crippen molar-refractivity contribution in [2.45, 2.75) is 12.5 Å². The molecule has 3 aromatic carbocycles. The number of benzene rings is 3. The fourth-order valence-electron chi connectivity index (χ4n) is 2.86. The zero-order valence-corrected chi connectivity index (χ0v) is 12.6. The van der Waals surface area contributed by atoms with Gasteiger partial charge in [-0.3, -0.25) is 0 Å². The van der Waals surface area contributed by atoms with Crippen molar-refractivity contribution < 1.29 is 23.4 Å². The predicted octanol–water partition coefficient (Wildman–Crippen LogP) is 3.65. The molecule has 0 aromatic heterocycles. The predicted molar refractivity (Wildman–Crippen MR) is 83.0 cm³/mol. The smallest absolute Gasteiger partial charge is 0.342 e. The lowest BCUT2D eigenvalue weighted by molar-refractivity contribution is -0.161. The molecule has 0 bridgehead atoms. The Morgan fingerprint density at radius 1 is 1.04 bits per heavy atom. The van der Waals surface area contributed by atoms with Gasteiger partial charge in [0.05, 0.1) is 7.11 Å². The Morgan fingerprint density at radius 2 is 1.74 bits per heavy atom. The van der Waals surface area contributed by atoms with Crippen LogP contribution in [0.3, 0.4) is 0 Å². The van der Waals surface area contributed by atoms with Gasteiger partial charge in [0.2, 0.25) is 0 Å². The molecule has 23 heavy (non-hydrogen) atoms. The third kappa shape index (κ3) is 2.33. The Hall–Kier alpha value is -2.53. The molecule has 0 radical (unpaired) electrons. The van der Waals surface area contributed by atoms with Crippen LogP contribution in [0.15, 0.2) is 42.5 Å². The molecule has 3 aromatic rings. The normalized spacial score (nSPS) is 14.0. The Bertz CT molecular complexity index is 932. The van der Waals surface area contributed by atoms with E-state index in [0.29, 0.717) is 21.7 Å². The highest BCUT2D eigenvalue weighted by Gasteiger charge is 2.35. The second kappa shape index (κ2) is 5.28. The molecule has 1 unspecified atom stereocenters. The number of esters is 1. The number of methoxy groups -OCH3 is 1. The van der Waals surface area contributed by atoms with Gasteiger partial charge in [-0.2, -0.15) is 0 Å². The summed E-state index contributed by atoms with van der Waals surface area (Å²) in [6.07, 6.45) is 0. The highest BCUT2D eigenvalue weighted by Crippen LogP contribution is 2.34. The summed E-state index contributed by atoms with van der Waals surface area (Å²) in [5.41, 5.74) is -1.55. The molecule has 0 saturated carbocycles. The van der Waals surface area contributed by atoms with E-state index in [1.54, 1.807) is 24.3 Å². The maximum atomic E-state index is 13.9. The zero-order valence-electron chi connectivity index (χ0n) is 12.6. The molecule has 0 fully saturated rings. The second-order valence-electron chi connectivity index (χ2n) is 5.51. The first-order valence-corrected chi connectivity index (χ1v) is 6.98. The maximum absolute atomic E-state index is 13.9. The summed E-state index contributed by atoms with van der Waals surface area (Å²) >= 11 is 0. The third-order valence-electron chi connectivity index (χ3n) is 4.01. The van der Waals surface area contributed by atoms with E-state index in [2.05, 4.69) is 4.74 Å². The van der Waals surface area contributed by atoms with Gasteiger partial charge in [-0.1, -0.05) is 30.3 Å². The van der Waals surface area contributed by atoms with Gasteiger partial charge in [-0.15, -0.1) is 0 Å². The van der Waals surface area contributed by atoms with Crippen LogP contribution in [-0.2, 0) is 15.1 Å². The molecule has 0 heterocycles. The van der Waals surface area contributed by atoms with Crippen LogP contribution in [0.4, 0.5) is 8.78 Å². The number of rotatable bonds is 2. The van der Waals surface area contributed by atoms with E-state index in [9.17, 15) is 18.7 Å². The first-order chi connectivity index (χ1) is 10.9. The van der Waals surface area contributed by atoms with Gasteiger partial charge in [0.25, 0.3) is 0 Å². The van der Waals surface area contributed by atoms with Gasteiger partial charge in [-0.25, -0.2) is 13.6 Å². The number of carbonyl (C=O) groups excluding carboxylic acids is 1. The summed E-state index contributed by atoms with van der Waals surface area (Å²) in [6.45, 7) is 1.32. The van der Waals surface area contributed by atoms with Crippen molar-refractivity contribution in [3.63, 3.8) is 0 Å². The third-order valence-corrected chi connectivity index (χ3v) is 4.01. The number of hydrogen-bond acceptors (Lipinski definition) is 3. The van der Waals surface area contributed by atoms with E-state index in [1.165, 1.54) is 26.2 Å². The number of ether oxygens (including phenoxy) is 1. The highest BCUT2D eigenvalue weighted by atomic mass is 19.1.